The highest BCUT2D eigenvalue weighted by Crippen LogP contribution is 2.37. The lowest BCUT2D eigenvalue weighted by molar-refractivity contribution is -0.141. The van der Waals surface area contributed by atoms with Gasteiger partial charge in [0, 0.05) is 30.6 Å². The van der Waals surface area contributed by atoms with Crippen molar-refractivity contribution in [1.82, 2.24) is 4.57 Å². The third kappa shape index (κ3) is 3.25. The second-order valence-electron chi connectivity index (χ2n) is 6.64. The third-order valence-corrected chi connectivity index (χ3v) is 5.35. The maximum atomic E-state index is 13.5. The Bertz CT molecular complexity index is 1080. The number of benzene rings is 2. The smallest absolute Gasteiger partial charge is 0.329 e. The number of methoxy groups -OCH3 is 2. The number of fused-ring (bicyclic) bond motifs is 1. The van der Waals surface area contributed by atoms with Crippen molar-refractivity contribution in [1.29, 1.82) is 0 Å². The van der Waals surface area contributed by atoms with Gasteiger partial charge in [0.05, 0.1) is 30.5 Å². The molecule has 0 N–H and O–H groups in total. The van der Waals surface area contributed by atoms with Crippen LogP contribution >= 0.6 is 11.6 Å². The zero-order valence-corrected chi connectivity index (χ0v) is 16.7. The molecule has 4 rings (SSSR count). The van der Waals surface area contributed by atoms with Gasteiger partial charge in [0.15, 0.2) is 0 Å². The molecule has 29 heavy (non-hydrogen) atoms. The van der Waals surface area contributed by atoms with Crippen LogP contribution in [0.5, 0.6) is 5.75 Å². The van der Waals surface area contributed by atoms with Crippen molar-refractivity contribution in [3.8, 4) is 11.4 Å². The number of esters is 1. The van der Waals surface area contributed by atoms with Crippen molar-refractivity contribution in [2.45, 2.75) is 12.5 Å². The molecule has 1 aliphatic heterocycles. The Morgan fingerprint density at radius 3 is 2.45 bits per heavy atom. The fourth-order valence-electron chi connectivity index (χ4n) is 3.66. The van der Waals surface area contributed by atoms with Crippen molar-refractivity contribution in [3.05, 3.63) is 77.1 Å². The van der Waals surface area contributed by atoms with Crippen molar-refractivity contribution >= 4 is 29.2 Å². The molecule has 7 heteroatoms. The third-order valence-electron chi connectivity index (χ3n) is 5.05. The summed E-state index contributed by atoms with van der Waals surface area (Å²) in [4.78, 5) is 27.4. The maximum absolute atomic E-state index is 13.5. The zero-order valence-electron chi connectivity index (χ0n) is 16.0. The summed E-state index contributed by atoms with van der Waals surface area (Å²) in [5, 5.41) is 0.396. The molecule has 1 aromatic heterocycles. The Labute approximate surface area is 173 Å². The minimum absolute atomic E-state index is 0.277. The molecule has 148 valence electrons. The van der Waals surface area contributed by atoms with E-state index < -0.39 is 12.0 Å². The number of aromatic nitrogens is 1. The van der Waals surface area contributed by atoms with Gasteiger partial charge in [0.1, 0.15) is 11.8 Å². The zero-order chi connectivity index (χ0) is 20.5. The number of para-hydroxylation sites is 1. The summed E-state index contributed by atoms with van der Waals surface area (Å²) in [6.07, 6.45) is 4.10. The molecule has 3 aromatic rings. The molecule has 0 saturated carbocycles. The number of carbonyl (C=O) groups excluding carboxylic acids is 2. The van der Waals surface area contributed by atoms with E-state index in [2.05, 4.69) is 0 Å². The SMILES string of the molecule is COC(=O)C1Cc2ccccc2N1C(=O)c1cc(Cl)c(-n2cccc2)cc1OC. The molecule has 1 aliphatic rings. The van der Waals surface area contributed by atoms with Gasteiger partial charge < -0.3 is 14.0 Å². The first kappa shape index (κ1) is 19.1. The van der Waals surface area contributed by atoms with E-state index in [1.165, 1.54) is 19.1 Å². The number of halogens is 1. The normalized spacial score (nSPS) is 15.1. The molecule has 6 nitrogen and oxygen atoms in total. The summed E-state index contributed by atoms with van der Waals surface area (Å²) >= 11 is 6.49. The summed E-state index contributed by atoms with van der Waals surface area (Å²) in [5.41, 5.74) is 2.56. The van der Waals surface area contributed by atoms with Gasteiger partial charge >= 0.3 is 5.97 Å². The van der Waals surface area contributed by atoms with Crippen molar-refractivity contribution in [2.75, 3.05) is 19.1 Å². The summed E-state index contributed by atoms with van der Waals surface area (Å²) < 4.78 is 12.3. The number of amides is 1. The van der Waals surface area contributed by atoms with Gasteiger partial charge in [0.2, 0.25) is 0 Å². The number of anilines is 1. The number of nitrogens with zero attached hydrogens (tertiary/aromatic N) is 2. The molecule has 0 aliphatic carbocycles. The summed E-state index contributed by atoms with van der Waals surface area (Å²) in [5.74, 6) is -0.470. The maximum Gasteiger partial charge on any atom is 0.329 e. The number of rotatable bonds is 4. The quantitative estimate of drug-likeness (QED) is 0.612. The minimum atomic E-state index is -0.738. The molecule has 0 fully saturated rings. The summed E-state index contributed by atoms with van der Waals surface area (Å²) in [7, 11) is 2.81. The van der Waals surface area contributed by atoms with E-state index >= 15 is 0 Å². The molecular weight excluding hydrogens is 392 g/mol. The van der Waals surface area contributed by atoms with Crippen LogP contribution in [0.2, 0.25) is 5.02 Å². The van der Waals surface area contributed by atoms with E-state index in [0.29, 0.717) is 28.6 Å². The number of ether oxygens (including phenoxy) is 2. The van der Waals surface area contributed by atoms with Gasteiger partial charge in [-0.2, -0.15) is 0 Å². The van der Waals surface area contributed by atoms with Gasteiger partial charge in [0.25, 0.3) is 5.91 Å². The molecule has 2 aromatic carbocycles. The Morgan fingerprint density at radius 2 is 1.76 bits per heavy atom. The molecule has 2 heterocycles. The Balaban J connectivity index is 1.80. The van der Waals surface area contributed by atoms with Crippen LogP contribution in [0.15, 0.2) is 60.9 Å². The van der Waals surface area contributed by atoms with Gasteiger partial charge in [-0.3, -0.25) is 9.69 Å². The van der Waals surface area contributed by atoms with Gasteiger partial charge in [-0.15, -0.1) is 0 Å². The Hall–Kier alpha value is -3.25. The first-order valence-corrected chi connectivity index (χ1v) is 9.43. The standard InChI is InChI=1S/C22H19ClN2O4/c1-28-20-13-18(24-9-5-6-10-24)16(23)12-15(20)21(26)25-17-8-4-3-7-14(17)11-19(25)22(27)29-2/h3-10,12-13,19H,11H2,1-2H3. The highest BCUT2D eigenvalue weighted by atomic mass is 35.5. The van der Waals surface area contributed by atoms with Crippen molar-refractivity contribution in [2.24, 2.45) is 0 Å². The molecule has 1 unspecified atom stereocenters. The lowest BCUT2D eigenvalue weighted by atomic mass is 10.1. The van der Waals surface area contributed by atoms with E-state index in [4.69, 9.17) is 21.1 Å². The molecular formula is C22H19ClN2O4. The van der Waals surface area contributed by atoms with Crippen LogP contribution in [0.1, 0.15) is 15.9 Å². The molecule has 1 amide bonds. The van der Waals surface area contributed by atoms with E-state index in [1.807, 2.05) is 53.4 Å². The van der Waals surface area contributed by atoms with E-state index in [0.717, 1.165) is 5.56 Å². The minimum Gasteiger partial charge on any atom is -0.496 e. The second kappa shape index (κ2) is 7.64. The number of hydrogen-bond donors (Lipinski definition) is 0. The fraction of sp³-hybridized carbons (Fsp3) is 0.182. The highest BCUT2D eigenvalue weighted by Gasteiger charge is 2.40. The summed E-state index contributed by atoms with van der Waals surface area (Å²) in [6, 6.07) is 13.7. The van der Waals surface area contributed by atoms with E-state index in [-0.39, 0.29) is 11.5 Å². The van der Waals surface area contributed by atoms with Gasteiger partial charge in [-0.1, -0.05) is 29.8 Å². The fourth-order valence-corrected chi connectivity index (χ4v) is 3.92. The monoisotopic (exact) mass is 410 g/mol. The lowest BCUT2D eigenvalue weighted by Gasteiger charge is -2.25. The molecule has 0 radical (unpaired) electrons. The molecule has 0 spiro atoms. The predicted octanol–water partition coefficient (Wildman–Crippen LogP) is 3.88. The Morgan fingerprint density at radius 1 is 1.03 bits per heavy atom. The molecule has 1 atom stereocenters. The average molecular weight is 411 g/mol. The molecule has 0 bridgehead atoms. The van der Waals surface area contributed by atoms with Crippen LogP contribution in [-0.2, 0) is 16.0 Å². The predicted molar refractivity (Wildman–Crippen MR) is 110 cm³/mol. The Kier molecular flexibility index (Phi) is 5.03. The van der Waals surface area contributed by atoms with Crippen LogP contribution in [0.4, 0.5) is 5.69 Å². The highest BCUT2D eigenvalue weighted by molar-refractivity contribution is 6.33. The topological polar surface area (TPSA) is 60.8 Å². The van der Waals surface area contributed by atoms with Crippen LogP contribution in [-0.4, -0.2) is 36.7 Å². The van der Waals surface area contributed by atoms with Crippen LogP contribution in [0.3, 0.4) is 0 Å². The lowest BCUT2D eigenvalue weighted by Crippen LogP contribution is -2.43. The van der Waals surface area contributed by atoms with E-state index in [9.17, 15) is 9.59 Å². The first-order valence-electron chi connectivity index (χ1n) is 9.05. The van der Waals surface area contributed by atoms with Crippen LogP contribution in [0.25, 0.3) is 5.69 Å². The largest absolute Gasteiger partial charge is 0.496 e. The first-order chi connectivity index (χ1) is 14.0. The van der Waals surface area contributed by atoms with Gasteiger partial charge in [-0.05, 0) is 29.8 Å². The number of hydrogen-bond acceptors (Lipinski definition) is 4. The molecule has 0 saturated heterocycles. The number of carbonyl (C=O) groups is 2. The van der Waals surface area contributed by atoms with Gasteiger partial charge in [-0.25, -0.2) is 4.79 Å². The van der Waals surface area contributed by atoms with Crippen LogP contribution in [0, 0.1) is 0 Å². The van der Waals surface area contributed by atoms with E-state index in [1.54, 1.807) is 12.1 Å². The van der Waals surface area contributed by atoms with Crippen molar-refractivity contribution in [3.63, 3.8) is 0 Å². The average Bonchev–Trinajstić information content (AvgIpc) is 3.40. The summed E-state index contributed by atoms with van der Waals surface area (Å²) in [6.45, 7) is 0. The van der Waals surface area contributed by atoms with Crippen molar-refractivity contribution < 1.29 is 19.1 Å². The second-order valence-corrected chi connectivity index (χ2v) is 7.05. The van der Waals surface area contributed by atoms with Crippen LogP contribution < -0.4 is 9.64 Å².